The van der Waals surface area contributed by atoms with E-state index in [4.69, 9.17) is 0 Å². The van der Waals surface area contributed by atoms with Gasteiger partial charge in [0.15, 0.2) is 6.29 Å². The van der Waals surface area contributed by atoms with E-state index in [2.05, 4.69) is 0 Å². The largest absolute Gasteiger partial charge is 0.478 e. The maximum Gasteiger partial charge on any atom is 0.335 e. The summed E-state index contributed by atoms with van der Waals surface area (Å²) >= 11 is 0. The van der Waals surface area contributed by atoms with Gasteiger partial charge in [0.05, 0.1) is 16.7 Å². The summed E-state index contributed by atoms with van der Waals surface area (Å²) in [5, 5.41) is 54.7. The summed E-state index contributed by atoms with van der Waals surface area (Å²) < 4.78 is 0. The highest BCUT2D eigenvalue weighted by atomic mass is 16.5. The molecular formula is C36H24O8. The first-order chi connectivity index (χ1) is 21.1. The second-order valence-corrected chi connectivity index (χ2v) is 11.8. The summed E-state index contributed by atoms with van der Waals surface area (Å²) in [7, 11) is 0. The lowest BCUT2D eigenvalue weighted by molar-refractivity contribution is -0.0423. The van der Waals surface area contributed by atoms with Gasteiger partial charge in [-0.25, -0.2) is 14.4 Å². The lowest BCUT2D eigenvalue weighted by atomic mass is 9.68. The number of aryl methyl sites for hydroxylation is 2. The molecule has 0 aliphatic heterocycles. The Hall–Kier alpha value is -5.31. The van der Waals surface area contributed by atoms with E-state index in [1.807, 2.05) is 18.2 Å². The molecule has 0 aromatic heterocycles. The van der Waals surface area contributed by atoms with E-state index in [9.17, 15) is 39.9 Å². The van der Waals surface area contributed by atoms with Crippen LogP contribution in [0, 0.1) is 0 Å². The van der Waals surface area contributed by atoms with Crippen molar-refractivity contribution in [1.82, 2.24) is 0 Å². The first kappa shape index (κ1) is 26.3. The van der Waals surface area contributed by atoms with Gasteiger partial charge in [0, 0.05) is 11.5 Å². The maximum absolute atomic E-state index is 12.3. The van der Waals surface area contributed by atoms with E-state index in [1.54, 1.807) is 48.5 Å². The van der Waals surface area contributed by atoms with Crippen molar-refractivity contribution in [3.05, 3.63) is 117 Å². The standard InChI is InChI=1S/C36H24O8/c37-33(38)21-5-15-1-3-17-7-23(35(41)42)13-27-25(11-19(9-21)29(15)31(17)27)26-12-20-10-22(34(39)40)6-16-2-4-18-8-24(36(43)44)14-28(26)32(18)30(16)20/h1,3,5-11,13-14,26,33,37-38H,2,4,12H2,(H,39,40)(H,41,42)(H,43,44). The fraction of sp³-hybridized carbons (Fsp3) is 0.139. The first-order valence-electron chi connectivity index (χ1n) is 14.2. The third-order valence-corrected chi connectivity index (χ3v) is 9.38. The minimum atomic E-state index is -1.70. The predicted octanol–water partition coefficient (Wildman–Crippen LogP) is 6.12. The summed E-state index contributed by atoms with van der Waals surface area (Å²) in [5.41, 5.74) is 6.83. The number of rotatable bonds is 5. The number of carboxylic acid groups (broad SMARTS) is 3. The highest BCUT2D eigenvalue weighted by Crippen LogP contribution is 2.51. The van der Waals surface area contributed by atoms with Crippen molar-refractivity contribution in [2.24, 2.45) is 0 Å². The van der Waals surface area contributed by atoms with E-state index in [0.717, 1.165) is 60.5 Å². The van der Waals surface area contributed by atoms with Crippen molar-refractivity contribution >= 4 is 50.2 Å². The van der Waals surface area contributed by atoms with Crippen LogP contribution >= 0.6 is 0 Å². The maximum atomic E-state index is 12.3. The number of benzene rings is 6. The molecule has 8 nitrogen and oxygen atoms in total. The molecule has 5 N–H and O–H groups in total. The minimum absolute atomic E-state index is 0.108. The zero-order valence-electron chi connectivity index (χ0n) is 23.1. The van der Waals surface area contributed by atoms with Crippen molar-refractivity contribution in [3.63, 3.8) is 0 Å². The fourth-order valence-corrected chi connectivity index (χ4v) is 7.61. The molecule has 0 spiro atoms. The molecule has 0 radical (unpaired) electrons. The van der Waals surface area contributed by atoms with E-state index in [1.165, 1.54) is 0 Å². The third kappa shape index (κ3) is 3.68. The van der Waals surface area contributed by atoms with Crippen molar-refractivity contribution in [1.29, 1.82) is 0 Å². The molecule has 8 heteroatoms. The molecule has 0 bridgehead atoms. The van der Waals surface area contributed by atoms with Gasteiger partial charge in [-0.1, -0.05) is 12.1 Å². The lowest BCUT2D eigenvalue weighted by Crippen LogP contribution is -2.21. The van der Waals surface area contributed by atoms with Crippen LogP contribution in [-0.4, -0.2) is 43.4 Å². The van der Waals surface area contributed by atoms with Crippen LogP contribution in [0.3, 0.4) is 0 Å². The molecule has 0 saturated carbocycles. The average Bonchev–Trinajstić information content (AvgIpc) is 3.00. The van der Waals surface area contributed by atoms with Gasteiger partial charge in [0.2, 0.25) is 0 Å². The lowest BCUT2D eigenvalue weighted by Gasteiger charge is -2.35. The Balaban J connectivity index is 1.51. The Morgan fingerprint density at radius 2 is 1.16 bits per heavy atom. The highest BCUT2D eigenvalue weighted by Gasteiger charge is 2.35. The second kappa shape index (κ2) is 9.09. The molecule has 0 fully saturated rings. The molecule has 0 heterocycles. The van der Waals surface area contributed by atoms with Gasteiger partial charge in [-0.2, -0.15) is 0 Å². The summed E-state index contributed by atoms with van der Waals surface area (Å²) in [6, 6.07) is 19.1. The van der Waals surface area contributed by atoms with Crippen LogP contribution in [0.15, 0.2) is 66.7 Å². The van der Waals surface area contributed by atoms with Gasteiger partial charge in [-0.3, -0.25) is 0 Å². The van der Waals surface area contributed by atoms with Crippen molar-refractivity contribution < 1.29 is 39.9 Å². The molecule has 44 heavy (non-hydrogen) atoms. The van der Waals surface area contributed by atoms with Crippen LogP contribution < -0.4 is 0 Å². The molecule has 0 amide bonds. The van der Waals surface area contributed by atoms with Gasteiger partial charge >= 0.3 is 17.9 Å². The van der Waals surface area contributed by atoms with Gasteiger partial charge in [-0.15, -0.1) is 0 Å². The van der Waals surface area contributed by atoms with Crippen molar-refractivity contribution in [3.8, 4) is 11.1 Å². The normalized spacial score (nSPS) is 15.3. The number of hydrogen-bond acceptors (Lipinski definition) is 5. The summed E-state index contributed by atoms with van der Waals surface area (Å²) in [5.74, 6) is -3.60. The Morgan fingerprint density at radius 3 is 1.82 bits per heavy atom. The molecule has 216 valence electrons. The first-order valence-corrected chi connectivity index (χ1v) is 14.2. The number of aliphatic hydroxyl groups is 2. The van der Waals surface area contributed by atoms with Gasteiger partial charge in [-0.05, 0) is 145 Å². The van der Waals surface area contributed by atoms with Crippen LogP contribution in [0.2, 0.25) is 0 Å². The molecule has 1 unspecified atom stereocenters. The van der Waals surface area contributed by atoms with E-state index in [0.29, 0.717) is 35.6 Å². The Labute approximate surface area is 249 Å². The van der Waals surface area contributed by atoms with Crippen LogP contribution in [0.1, 0.15) is 76.7 Å². The van der Waals surface area contributed by atoms with E-state index < -0.39 is 30.1 Å². The minimum Gasteiger partial charge on any atom is -0.478 e. The second-order valence-electron chi connectivity index (χ2n) is 11.8. The highest BCUT2D eigenvalue weighted by molar-refractivity contribution is 6.25. The van der Waals surface area contributed by atoms with E-state index >= 15 is 0 Å². The predicted molar refractivity (Wildman–Crippen MR) is 163 cm³/mol. The Kier molecular flexibility index (Phi) is 5.44. The summed E-state index contributed by atoms with van der Waals surface area (Å²) in [6.07, 6.45) is -0.178. The fourth-order valence-electron chi connectivity index (χ4n) is 7.61. The van der Waals surface area contributed by atoms with Crippen LogP contribution in [0.5, 0.6) is 0 Å². The third-order valence-electron chi connectivity index (χ3n) is 9.38. The molecular weight excluding hydrogens is 560 g/mol. The SMILES string of the molecule is O=C(O)c1cc2c3c(c1)CC(c1cc4cc(C(O)O)cc5ccc6cc(C(=O)O)cc1c6c54)c1cc(C(=O)O)cc(c1-3)CC2. The zero-order valence-corrected chi connectivity index (χ0v) is 23.1. The molecule has 6 aromatic carbocycles. The van der Waals surface area contributed by atoms with Crippen molar-refractivity contribution in [2.75, 3.05) is 0 Å². The molecule has 2 aliphatic rings. The zero-order chi connectivity index (χ0) is 30.6. The molecule has 0 saturated heterocycles. The Morgan fingerprint density at radius 1 is 0.591 bits per heavy atom. The number of hydrogen-bond donors (Lipinski definition) is 5. The number of aromatic carboxylic acids is 3. The number of carbonyl (C=O) groups is 3. The average molecular weight is 585 g/mol. The molecule has 1 atom stereocenters. The van der Waals surface area contributed by atoms with Crippen LogP contribution in [0.4, 0.5) is 0 Å². The van der Waals surface area contributed by atoms with Gasteiger partial charge in [0.1, 0.15) is 0 Å². The Bertz CT molecular complexity index is 2280. The molecule has 6 aromatic rings. The van der Waals surface area contributed by atoms with Gasteiger partial charge < -0.3 is 25.5 Å². The topological polar surface area (TPSA) is 152 Å². The number of carboxylic acids is 3. The molecule has 8 rings (SSSR count). The van der Waals surface area contributed by atoms with Crippen LogP contribution in [-0.2, 0) is 19.3 Å². The van der Waals surface area contributed by atoms with E-state index in [-0.39, 0.29) is 16.7 Å². The van der Waals surface area contributed by atoms with Crippen LogP contribution in [0.25, 0.3) is 43.4 Å². The smallest absolute Gasteiger partial charge is 0.335 e. The molecule has 2 aliphatic carbocycles. The van der Waals surface area contributed by atoms with Crippen molar-refractivity contribution in [2.45, 2.75) is 31.5 Å². The monoisotopic (exact) mass is 584 g/mol. The number of aliphatic hydroxyl groups excluding tert-OH is 1. The summed E-state index contributed by atoms with van der Waals surface area (Å²) in [4.78, 5) is 36.7. The van der Waals surface area contributed by atoms with Gasteiger partial charge in [0.25, 0.3) is 0 Å². The summed E-state index contributed by atoms with van der Waals surface area (Å²) in [6.45, 7) is 0. The quantitative estimate of drug-likeness (QED) is 0.120.